The minimum atomic E-state index is -1.02. The molecule has 0 atom stereocenters. The van der Waals surface area contributed by atoms with Gasteiger partial charge in [-0.15, -0.1) is 0 Å². The second-order valence-electron chi connectivity index (χ2n) is 3.82. The Kier molecular flexibility index (Phi) is 2.90. The molecular formula is C12H10ClNO3. The number of anilines is 1. The summed E-state index contributed by atoms with van der Waals surface area (Å²) in [6, 6.07) is 4.64. The molecular weight excluding hydrogens is 242 g/mol. The fourth-order valence-corrected chi connectivity index (χ4v) is 1.95. The third-order valence-electron chi connectivity index (χ3n) is 2.60. The first-order chi connectivity index (χ1) is 7.99. The Bertz CT molecular complexity index is 524. The van der Waals surface area contributed by atoms with Crippen LogP contribution < -0.4 is 4.90 Å². The molecule has 1 aromatic rings. The van der Waals surface area contributed by atoms with Gasteiger partial charge in [0, 0.05) is 10.7 Å². The molecule has 88 valence electrons. The molecule has 17 heavy (non-hydrogen) atoms. The van der Waals surface area contributed by atoms with Gasteiger partial charge in [0.25, 0.3) is 0 Å². The highest BCUT2D eigenvalue weighted by atomic mass is 35.5. The second kappa shape index (κ2) is 4.22. The molecule has 0 bridgehead atoms. The molecule has 4 nitrogen and oxygen atoms in total. The molecule has 1 heterocycles. The van der Waals surface area contributed by atoms with Crippen LogP contribution in [0.4, 0.5) is 5.69 Å². The van der Waals surface area contributed by atoms with Crippen LogP contribution in [0.25, 0.3) is 0 Å². The van der Waals surface area contributed by atoms with Crippen LogP contribution in [0.5, 0.6) is 0 Å². The SMILES string of the molecule is C=C(Cl)CN1C(=O)Cc2ccc(C(=O)O)cc21. The second-order valence-corrected chi connectivity index (χ2v) is 4.36. The lowest BCUT2D eigenvalue weighted by Crippen LogP contribution is -2.27. The van der Waals surface area contributed by atoms with E-state index in [2.05, 4.69) is 6.58 Å². The maximum atomic E-state index is 11.7. The van der Waals surface area contributed by atoms with E-state index < -0.39 is 5.97 Å². The van der Waals surface area contributed by atoms with E-state index in [9.17, 15) is 9.59 Å². The van der Waals surface area contributed by atoms with Crippen molar-refractivity contribution in [3.63, 3.8) is 0 Å². The number of fused-ring (bicyclic) bond motifs is 1. The Hall–Kier alpha value is -1.81. The Morgan fingerprint density at radius 1 is 1.53 bits per heavy atom. The molecule has 0 aliphatic carbocycles. The third kappa shape index (κ3) is 2.17. The topological polar surface area (TPSA) is 57.6 Å². The fourth-order valence-electron chi connectivity index (χ4n) is 1.84. The standard InChI is InChI=1S/C12H10ClNO3/c1-7(13)6-14-10-4-9(12(16)17)3-2-8(10)5-11(14)15/h2-4H,1,5-6H2,(H,16,17). The fraction of sp³-hybridized carbons (Fsp3) is 0.167. The van der Waals surface area contributed by atoms with Crippen molar-refractivity contribution in [2.75, 3.05) is 11.4 Å². The zero-order valence-corrected chi connectivity index (χ0v) is 9.70. The van der Waals surface area contributed by atoms with Crippen molar-refractivity contribution < 1.29 is 14.7 Å². The van der Waals surface area contributed by atoms with Crippen molar-refractivity contribution in [2.24, 2.45) is 0 Å². The van der Waals surface area contributed by atoms with Crippen LogP contribution in [0.15, 0.2) is 29.8 Å². The van der Waals surface area contributed by atoms with Gasteiger partial charge in [0.1, 0.15) is 0 Å². The Balaban J connectivity index is 2.42. The summed E-state index contributed by atoms with van der Waals surface area (Å²) in [6.07, 6.45) is 0.277. The molecule has 2 rings (SSSR count). The van der Waals surface area contributed by atoms with E-state index in [-0.39, 0.29) is 24.4 Å². The largest absolute Gasteiger partial charge is 0.478 e. The number of benzene rings is 1. The normalized spacial score (nSPS) is 13.7. The lowest BCUT2D eigenvalue weighted by molar-refractivity contribution is -0.117. The van der Waals surface area contributed by atoms with Gasteiger partial charge in [-0.3, -0.25) is 4.79 Å². The van der Waals surface area contributed by atoms with E-state index in [1.165, 1.54) is 17.0 Å². The number of hydrogen-bond acceptors (Lipinski definition) is 2. The minimum absolute atomic E-state index is 0.0932. The summed E-state index contributed by atoms with van der Waals surface area (Å²) in [4.78, 5) is 24.0. The summed E-state index contributed by atoms with van der Waals surface area (Å²) in [5.74, 6) is -1.11. The summed E-state index contributed by atoms with van der Waals surface area (Å²) in [5, 5.41) is 9.24. The van der Waals surface area contributed by atoms with Crippen molar-refractivity contribution in [3.8, 4) is 0 Å². The van der Waals surface area contributed by atoms with Gasteiger partial charge < -0.3 is 10.0 Å². The zero-order valence-electron chi connectivity index (χ0n) is 8.94. The van der Waals surface area contributed by atoms with Crippen LogP contribution in [0.2, 0.25) is 0 Å². The molecule has 0 saturated carbocycles. The van der Waals surface area contributed by atoms with E-state index in [0.29, 0.717) is 10.7 Å². The van der Waals surface area contributed by atoms with Gasteiger partial charge in [0.05, 0.1) is 18.5 Å². The predicted octanol–water partition coefficient (Wildman–Crippen LogP) is 2.03. The Labute approximate surface area is 103 Å². The molecule has 0 spiro atoms. The number of hydrogen-bond donors (Lipinski definition) is 1. The highest BCUT2D eigenvalue weighted by molar-refractivity contribution is 6.30. The summed E-state index contributed by atoms with van der Waals surface area (Å²) in [5.41, 5.74) is 1.58. The number of carboxylic acids is 1. The van der Waals surface area contributed by atoms with Crippen LogP contribution in [0.3, 0.4) is 0 Å². The van der Waals surface area contributed by atoms with E-state index in [1.807, 2.05) is 0 Å². The quantitative estimate of drug-likeness (QED) is 0.894. The number of carboxylic acid groups (broad SMARTS) is 1. The van der Waals surface area contributed by atoms with Crippen LogP contribution >= 0.6 is 11.6 Å². The summed E-state index contributed by atoms with van der Waals surface area (Å²) in [6.45, 7) is 3.74. The monoisotopic (exact) mass is 251 g/mol. The number of amides is 1. The maximum absolute atomic E-state index is 11.7. The molecule has 1 aliphatic rings. The smallest absolute Gasteiger partial charge is 0.335 e. The van der Waals surface area contributed by atoms with E-state index >= 15 is 0 Å². The first kappa shape index (κ1) is 11.7. The first-order valence-electron chi connectivity index (χ1n) is 4.99. The van der Waals surface area contributed by atoms with Crippen molar-refractivity contribution in [1.29, 1.82) is 0 Å². The van der Waals surface area contributed by atoms with Gasteiger partial charge in [-0.05, 0) is 17.7 Å². The molecule has 0 radical (unpaired) electrons. The molecule has 1 N–H and O–H groups in total. The molecule has 0 fully saturated rings. The minimum Gasteiger partial charge on any atom is -0.478 e. The lowest BCUT2D eigenvalue weighted by atomic mass is 10.1. The molecule has 0 saturated heterocycles. The van der Waals surface area contributed by atoms with E-state index in [0.717, 1.165) is 5.56 Å². The number of carbonyl (C=O) groups is 2. The molecule has 0 unspecified atom stereocenters. The van der Waals surface area contributed by atoms with Gasteiger partial charge in [-0.2, -0.15) is 0 Å². The number of nitrogens with zero attached hydrogens (tertiary/aromatic N) is 1. The van der Waals surface area contributed by atoms with Gasteiger partial charge >= 0.3 is 5.97 Å². The Morgan fingerprint density at radius 2 is 2.24 bits per heavy atom. The van der Waals surface area contributed by atoms with Gasteiger partial charge in [0.15, 0.2) is 0 Å². The lowest BCUT2D eigenvalue weighted by Gasteiger charge is -2.16. The first-order valence-corrected chi connectivity index (χ1v) is 5.36. The van der Waals surface area contributed by atoms with Gasteiger partial charge in [-0.25, -0.2) is 4.79 Å². The van der Waals surface area contributed by atoms with Crippen molar-refractivity contribution >= 4 is 29.2 Å². The van der Waals surface area contributed by atoms with Crippen LogP contribution in [-0.2, 0) is 11.2 Å². The predicted molar refractivity (Wildman–Crippen MR) is 64.5 cm³/mol. The summed E-state index contributed by atoms with van der Waals surface area (Å²) in [7, 11) is 0. The van der Waals surface area contributed by atoms with Gasteiger partial charge in [0.2, 0.25) is 5.91 Å². The summed E-state index contributed by atoms with van der Waals surface area (Å²) >= 11 is 5.69. The van der Waals surface area contributed by atoms with Crippen LogP contribution in [0.1, 0.15) is 15.9 Å². The van der Waals surface area contributed by atoms with E-state index in [1.54, 1.807) is 6.07 Å². The molecule has 1 amide bonds. The Morgan fingerprint density at radius 3 is 2.82 bits per heavy atom. The van der Waals surface area contributed by atoms with E-state index in [4.69, 9.17) is 16.7 Å². The number of halogens is 1. The molecule has 1 aromatic carbocycles. The van der Waals surface area contributed by atoms with Crippen LogP contribution in [-0.4, -0.2) is 23.5 Å². The molecule has 0 aromatic heterocycles. The highest BCUT2D eigenvalue weighted by Gasteiger charge is 2.28. The molecule has 5 heteroatoms. The number of aromatic carboxylic acids is 1. The molecule has 1 aliphatic heterocycles. The number of carbonyl (C=O) groups excluding carboxylic acids is 1. The van der Waals surface area contributed by atoms with Crippen LogP contribution in [0, 0.1) is 0 Å². The van der Waals surface area contributed by atoms with Crippen molar-refractivity contribution in [3.05, 3.63) is 40.9 Å². The van der Waals surface area contributed by atoms with Crippen molar-refractivity contribution in [2.45, 2.75) is 6.42 Å². The van der Waals surface area contributed by atoms with Crippen molar-refractivity contribution in [1.82, 2.24) is 0 Å². The average Bonchev–Trinajstić information content (AvgIpc) is 2.54. The number of rotatable bonds is 3. The van der Waals surface area contributed by atoms with Gasteiger partial charge in [-0.1, -0.05) is 24.2 Å². The maximum Gasteiger partial charge on any atom is 0.335 e. The zero-order chi connectivity index (χ0) is 12.6. The highest BCUT2D eigenvalue weighted by Crippen LogP contribution is 2.30. The average molecular weight is 252 g/mol. The summed E-state index contributed by atoms with van der Waals surface area (Å²) < 4.78 is 0. The third-order valence-corrected chi connectivity index (χ3v) is 2.71.